The molecule has 0 spiro atoms. The highest BCUT2D eigenvalue weighted by molar-refractivity contribution is 5.71. The van der Waals surface area contributed by atoms with Gasteiger partial charge in [-0.15, -0.1) is 0 Å². The largest absolute Gasteiger partial charge is 0.397 e. The lowest BCUT2D eigenvalue weighted by Gasteiger charge is -2.09. The summed E-state index contributed by atoms with van der Waals surface area (Å²) >= 11 is 0. The Balaban J connectivity index is 3.22. The van der Waals surface area contributed by atoms with Crippen molar-refractivity contribution in [1.82, 2.24) is 0 Å². The number of aryl methyl sites for hydroxylation is 2. The molecule has 0 unspecified atom stereocenters. The van der Waals surface area contributed by atoms with Gasteiger partial charge in [-0.3, -0.25) is 0 Å². The quantitative estimate of drug-likeness (QED) is 0.785. The predicted molar refractivity (Wildman–Crippen MR) is 67.5 cm³/mol. The lowest BCUT2D eigenvalue weighted by Crippen LogP contribution is -2.03. The van der Waals surface area contributed by atoms with Gasteiger partial charge in [0.2, 0.25) is 0 Å². The van der Waals surface area contributed by atoms with Gasteiger partial charge < -0.3 is 5.73 Å². The van der Waals surface area contributed by atoms with E-state index in [4.69, 9.17) is 11.0 Å². The van der Waals surface area contributed by atoms with Crippen molar-refractivity contribution in [2.24, 2.45) is 5.73 Å². The Kier molecular flexibility index (Phi) is 4.13. The van der Waals surface area contributed by atoms with Crippen molar-refractivity contribution in [2.45, 2.75) is 33.6 Å². The Labute approximate surface area is 97.4 Å². The first kappa shape index (κ1) is 12.3. The van der Waals surface area contributed by atoms with Gasteiger partial charge in [-0.1, -0.05) is 37.1 Å². The molecule has 1 rings (SSSR count). The van der Waals surface area contributed by atoms with Gasteiger partial charge in [0, 0.05) is 5.56 Å². The van der Waals surface area contributed by atoms with Crippen LogP contribution in [0.1, 0.15) is 36.5 Å². The zero-order valence-corrected chi connectivity index (χ0v) is 10.2. The number of benzene rings is 1. The van der Waals surface area contributed by atoms with Crippen molar-refractivity contribution in [3.63, 3.8) is 0 Å². The third-order valence-corrected chi connectivity index (χ3v) is 2.63. The van der Waals surface area contributed by atoms with E-state index >= 15 is 0 Å². The summed E-state index contributed by atoms with van der Waals surface area (Å²) in [5, 5.41) is 9.05. The van der Waals surface area contributed by atoms with Gasteiger partial charge in [0.15, 0.2) is 0 Å². The van der Waals surface area contributed by atoms with E-state index in [1.807, 2.05) is 32.9 Å². The fourth-order valence-corrected chi connectivity index (χ4v) is 1.78. The number of nitriles is 1. The average molecular weight is 214 g/mol. The summed E-state index contributed by atoms with van der Waals surface area (Å²) in [5.41, 5.74) is 10.7. The summed E-state index contributed by atoms with van der Waals surface area (Å²) in [7, 11) is 0. The highest BCUT2D eigenvalue weighted by Crippen LogP contribution is 2.21. The van der Waals surface area contributed by atoms with Crippen molar-refractivity contribution < 1.29 is 0 Å². The van der Waals surface area contributed by atoms with Crippen LogP contribution in [0.4, 0.5) is 0 Å². The second-order valence-corrected chi connectivity index (χ2v) is 4.07. The molecule has 1 aromatic carbocycles. The summed E-state index contributed by atoms with van der Waals surface area (Å²) in [6.45, 7) is 6.12. The van der Waals surface area contributed by atoms with E-state index in [1.54, 1.807) is 0 Å². The van der Waals surface area contributed by atoms with Crippen molar-refractivity contribution in [1.29, 1.82) is 5.26 Å². The van der Waals surface area contributed by atoms with E-state index in [0.717, 1.165) is 24.0 Å². The Hall–Kier alpha value is -1.75. The van der Waals surface area contributed by atoms with Gasteiger partial charge in [-0.05, 0) is 25.8 Å². The molecule has 2 nitrogen and oxygen atoms in total. The molecule has 2 N–H and O–H groups in total. The Morgan fingerprint density at radius 3 is 2.56 bits per heavy atom. The van der Waals surface area contributed by atoms with Gasteiger partial charge in [0.25, 0.3) is 0 Å². The second kappa shape index (κ2) is 5.37. The average Bonchev–Trinajstić information content (AvgIpc) is 2.25. The fraction of sp³-hybridized carbons (Fsp3) is 0.357. The zero-order valence-electron chi connectivity index (χ0n) is 10.2. The molecule has 0 bridgehead atoms. The molecule has 84 valence electrons. The molecule has 0 aliphatic carbocycles. The summed E-state index contributed by atoms with van der Waals surface area (Å²) in [5.74, 6) is 0. The highest BCUT2D eigenvalue weighted by atomic mass is 14.6. The molecule has 0 atom stereocenters. The maximum Gasteiger partial charge on any atom is 0.0968 e. The normalized spacial score (nSPS) is 11.9. The van der Waals surface area contributed by atoms with E-state index in [0.29, 0.717) is 11.3 Å². The van der Waals surface area contributed by atoms with Crippen LogP contribution in [0.3, 0.4) is 0 Å². The molecule has 0 aromatic heterocycles. The van der Waals surface area contributed by atoms with Crippen LogP contribution in [0, 0.1) is 25.2 Å². The molecule has 0 saturated carbocycles. The maximum atomic E-state index is 9.05. The lowest BCUT2D eigenvalue weighted by molar-refractivity contribution is 0.928. The second-order valence-electron chi connectivity index (χ2n) is 4.07. The molecular weight excluding hydrogens is 196 g/mol. The molecule has 2 heteroatoms. The van der Waals surface area contributed by atoms with Crippen molar-refractivity contribution >= 4 is 5.70 Å². The van der Waals surface area contributed by atoms with Crippen LogP contribution in [0.5, 0.6) is 0 Å². The number of nitrogens with zero attached hydrogens (tertiary/aromatic N) is 1. The third-order valence-electron chi connectivity index (χ3n) is 2.63. The molecule has 0 heterocycles. The lowest BCUT2D eigenvalue weighted by atomic mass is 9.99. The molecule has 0 radical (unpaired) electrons. The van der Waals surface area contributed by atoms with Crippen molar-refractivity contribution in [3.8, 4) is 6.07 Å². The number of rotatable bonds is 3. The van der Waals surface area contributed by atoms with E-state index in [9.17, 15) is 0 Å². The minimum Gasteiger partial charge on any atom is -0.397 e. The Morgan fingerprint density at radius 1 is 1.38 bits per heavy atom. The molecule has 0 saturated heterocycles. The summed E-state index contributed by atoms with van der Waals surface area (Å²) in [6, 6.07) is 8.30. The SMILES string of the molecule is CCC/C(C#N)=C(/N)c1ccc(C)cc1C. The molecule has 1 aromatic rings. The fourth-order valence-electron chi connectivity index (χ4n) is 1.78. The van der Waals surface area contributed by atoms with Crippen LogP contribution in [0.2, 0.25) is 0 Å². The number of hydrogen-bond donors (Lipinski definition) is 1. The van der Waals surface area contributed by atoms with E-state index in [2.05, 4.69) is 12.1 Å². The number of allylic oxidation sites excluding steroid dienone is 1. The van der Waals surface area contributed by atoms with Gasteiger partial charge in [-0.25, -0.2) is 0 Å². The summed E-state index contributed by atoms with van der Waals surface area (Å²) in [6.07, 6.45) is 1.68. The monoisotopic (exact) mass is 214 g/mol. The van der Waals surface area contributed by atoms with Crippen molar-refractivity contribution in [2.75, 3.05) is 0 Å². The van der Waals surface area contributed by atoms with E-state index in [1.165, 1.54) is 5.56 Å². The zero-order chi connectivity index (χ0) is 12.1. The summed E-state index contributed by atoms with van der Waals surface area (Å²) < 4.78 is 0. The van der Waals surface area contributed by atoms with Gasteiger partial charge >= 0.3 is 0 Å². The minimum atomic E-state index is 0.627. The molecule has 16 heavy (non-hydrogen) atoms. The van der Waals surface area contributed by atoms with E-state index < -0.39 is 0 Å². The molecular formula is C14H18N2. The highest BCUT2D eigenvalue weighted by Gasteiger charge is 2.07. The molecule has 0 aliphatic rings. The van der Waals surface area contributed by atoms with E-state index in [-0.39, 0.29) is 0 Å². The first-order valence-corrected chi connectivity index (χ1v) is 5.56. The molecule has 0 amide bonds. The van der Waals surface area contributed by atoms with Gasteiger partial charge in [0.1, 0.15) is 0 Å². The third kappa shape index (κ3) is 2.64. The number of nitrogens with two attached hydrogens (primary N) is 1. The van der Waals surface area contributed by atoms with Crippen molar-refractivity contribution in [3.05, 3.63) is 40.5 Å². The molecule has 0 aliphatic heterocycles. The van der Waals surface area contributed by atoms with Crippen LogP contribution in [0.15, 0.2) is 23.8 Å². The van der Waals surface area contributed by atoms with Crippen LogP contribution in [-0.4, -0.2) is 0 Å². The summed E-state index contributed by atoms with van der Waals surface area (Å²) in [4.78, 5) is 0. The topological polar surface area (TPSA) is 49.8 Å². The first-order valence-electron chi connectivity index (χ1n) is 5.56. The van der Waals surface area contributed by atoms with Gasteiger partial charge in [0.05, 0.1) is 17.3 Å². The van der Waals surface area contributed by atoms with Crippen LogP contribution < -0.4 is 5.73 Å². The smallest absolute Gasteiger partial charge is 0.0968 e. The molecule has 0 fully saturated rings. The minimum absolute atomic E-state index is 0.627. The Bertz CT molecular complexity index is 450. The van der Waals surface area contributed by atoms with Crippen LogP contribution in [-0.2, 0) is 0 Å². The first-order chi connectivity index (χ1) is 7.60. The Morgan fingerprint density at radius 2 is 2.06 bits per heavy atom. The van der Waals surface area contributed by atoms with Crippen LogP contribution >= 0.6 is 0 Å². The van der Waals surface area contributed by atoms with Gasteiger partial charge in [-0.2, -0.15) is 5.26 Å². The van der Waals surface area contributed by atoms with Crippen LogP contribution in [0.25, 0.3) is 5.70 Å². The maximum absolute atomic E-state index is 9.05. The predicted octanol–water partition coefficient (Wildman–Crippen LogP) is 3.30. The number of hydrogen-bond acceptors (Lipinski definition) is 2. The standard InChI is InChI=1S/C14H18N2/c1-4-5-12(9-15)14(16)13-7-6-10(2)8-11(13)3/h6-8H,4-5,16H2,1-3H3/b14-12-.